The molecule has 56 heavy (non-hydrogen) atoms. The summed E-state index contributed by atoms with van der Waals surface area (Å²) in [5.74, 6) is 0.420. The summed E-state index contributed by atoms with van der Waals surface area (Å²) in [6.45, 7) is 11.7. The largest absolute Gasteiger partial charge is 0.490 e. The second-order valence-electron chi connectivity index (χ2n) is 17.7. The molecule has 2 aromatic carbocycles. The van der Waals surface area contributed by atoms with Gasteiger partial charge in [0.1, 0.15) is 11.4 Å². The van der Waals surface area contributed by atoms with E-state index in [1.165, 1.54) is 36.9 Å². The maximum absolute atomic E-state index is 13.7. The first kappa shape index (κ1) is 40.1. The van der Waals surface area contributed by atoms with E-state index in [2.05, 4.69) is 43.7 Å². The van der Waals surface area contributed by atoms with Crippen molar-refractivity contribution in [2.24, 2.45) is 17.8 Å². The predicted octanol–water partition coefficient (Wildman–Crippen LogP) is 6.46. The summed E-state index contributed by atoms with van der Waals surface area (Å²) >= 11 is 6.54. The highest BCUT2D eigenvalue weighted by Crippen LogP contribution is 2.49. The van der Waals surface area contributed by atoms with Gasteiger partial charge in [0, 0.05) is 68.4 Å². The Balaban J connectivity index is 1.20. The zero-order valence-electron chi connectivity index (χ0n) is 33.5. The summed E-state index contributed by atoms with van der Waals surface area (Å²) < 4.78 is 49.4. The fraction of sp³-hybridized carbons (Fsp3) is 0.659. The van der Waals surface area contributed by atoms with E-state index in [0.29, 0.717) is 56.1 Å². The Hall–Kier alpha value is -2.67. The number of piperazine rings is 1. The van der Waals surface area contributed by atoms with Crippen molar-refractivity contribution in [1.29, 1.82) is 0 Å². The van der Waals surface area contributed by atoms with Gasteiger partial charge in [0.05, 0.1) is 30.8 Å². The lowest BCUT2D eigenvalue weighted by atomic mass is 9.63. The van der Waals surface area contributed by atoms with Crippen molar-refractivity contribution in [1.82, 2.24) is 14.5 Å². The number of allylic oxidation sites excluding steroid dienone is 1. The van der Waals surface area contributed by atoms with Crippen LogP contribution in [0.15, 0.2) is 48.6 Å². The van der Waals surface area contributed by atoms with Crippen molar-refractivity contribution < 1.29 is 27.4 Å². The Kier molecular flexibility index (Phi) is 11.8. The zero-order chi connectivity index (χ0) is 39.1. The normalized spacial score (nSPS) is 34.2. The van der Waals surface area contributed by atoms with Crippen molar-refractivity contribution >= 4 is 33.2 Å². The molecule has 4 heterocycles. The van der Waals surface area contributed by atoms with Gasteiger partial charge in [-0.05, 0) is 124 Å². The molecule has 12 heteroatoms. The molecule has 3 fully saturated rings. The molecule has 0 aromatic heterocycles. The molecule has 6 aliphatic rings. The molecule has 10 nitrogen and oxygen atoms in total. The van der Waals surface area contributed by atoms with Gasteiger partial charge in [0.15, 0.2) is 0 Å². The van der Waals surface area contributed by atoms with Gasteiger partial charge in [0.25, 0.3) is 5.91 Å². The number of amides is 1. The van der Waals surface area contributed by atoms with E-state index in [1.807, 2.05) is 25.1 Å². The number of piperidine rings is 1. The van der Waals surface area contributed by atoms with E-state index in [9.17, 15) is 13.2 Å². The molecule has 7 atom stereocenters. The van der Waals surface area contributed by atoms with Gasteiger partial charge < -0.3 is 19.1 Å². The molecule has 0 radical (unpaired) electrons. The number of nitrogens with zero attached hydrogens (tertiary/aromatic N) is 3. The number of hydrogen-bond donors (Lipinski definition) is 1. The molecule has 2 aromatic rings. The lowest BCUT2D eigenvalue weighted by Crippen LogP contribution is -2.61. The Morgan fingerprint density at radius 2 is 1.88 bits per heavy atom. The maximum atomic E-state index is 13.7. The third-order valence-corrected chi connectivity index (χ3v) is 16.4. The molecule has 2 aliphatic carbocycles. The minimum atomic E-state index is -3.98. The van der Waals surface area contributed by atoms with E-state index >= 15 is 0 Å². The molecule has 2 saturated heterocycles. The van der Waals surface area contributed by atoms with Crippen LogP contribution in [0.25, 0.3) is 0 Å². The Morgan fingerprint density at radius 3 is 2.70 bits per heavy atom. The van der Waals surface area contributed by atoms with E-state index in [-0.39, 0.29) is 17.3 Å². The smallest absolute Gasteiger partial charge is 0.264 e. The molecular weight excluding hydrogens is 748 g/mol. The first-order valence-corrected chi connectivity index (χ1v) is 23.1. The number of anilines is 1. The average molecular weight is 810 g/mol. The third kappa shape index (κ3) is 8.02. The minimum absolute atomic E-state index is 0.232. The van der Waals surface area contributed by atoms with Crippen LogP contribution < -0.4 is 14.4 Å². The number of carbonyl (C=O) groups excluding carboxylic acids is 1. The second kappa shape index (κ2) is 16.5. The Morgan fingerprint density at radius 1 is 1.00 bits per heavy atom. The summed E-state index contributed by atoms with van der Waals surface area (Å²) in [6.07, 6.45) is 13.9. The van der Waals surface area contributed by atoms with E-state index in [1.54, 1.807) is 20.1 Å². The number of nitrogens with one attached hydrogen (secondary N) is 1. The fourth-order valence-corrected chi connectivity index (χ4v) is 12.2. The highest BCUT2D eigenvalue weighted by atomic mass is 35.5. The summed E-state index contributed by atoms with van der Waals surface area (Å²) in [5.41, 5.74) is 2.85. The van der Waals surface area contributed by atoms with Crippen LogP contribution in [0.3, 0.4) is 0 Å². The fourth-order valence-electron chi connectivity index (χ4n) is 10.8. The Labute approximate surface area is 339 Å². The van der Waals surface area contributed by atoms with Gasteiger partial charge in [-0.2, -0.15) is 0 Å². The standard InChI is InChI=1S/C44H61ClN4O6S/c1-31-8-6-18-44(55-23-22-53-3,29-47-20-21-48-19-5-4-10-37(48)27-47)39-14-11-35(39)26-49-28-43(17-7-9-33-24-36(45)13-15-38(33)43)30-54-41-16-12-34(25-40(41)49)42(50)46-56(51,52)32(31)2/h6,12-13,15-16,18,24-25,31-32,35,37,39H,4-5,7-11,14,17,19-23,26-30H2,1-3H3,(H,46,50)/b18-6+/t31-,32+,35-,37+,39+,43-,44-/m0/s1. The number of hydrogen-bond acceptors (Lipinski definition) is 9. The number of fused-ring (bicyclic) bond motifs is 5. The van der Waals surface area contributed by atoms with Crippen LogP contribution in [0.5, 0.6) is 5.75 Å². The van der Waals surface area contributed by atoms with E-state index in [4.69, 9.17) is 25.8 Å². The summed E-state index contributed by atoms with van der Waals surface area (Å²) in [4.78, 5) is 21.5. The van der Waals surface area contributed by atoms with Gasteiger partial charge in [-0.25, -0.2) is 13.1 Å². The quantitative estimate of drug-likeness (QED) is 0.261. The first-order chi connectivity index (χ1) is 27.0. The highest BCUT2D eigenvalue weighted by molar-refractivity contribution is 7.90. The number of methoxy groups -OCH3 is 1. The lowest BCUT2D eigenvalue weighted by Gasteiger charge is -2.53. The molecule has 2 bridgehead atoms. The molecule has 1 spiro atoms. The molecule has 8 rings (SSSR count). The number of aryl methyl sites for hydroxylation is 1. The van der Waals surface area contributed by atoms with Gasteiger partial charge in [0.2, 0.25) is 10.0 Å². The monoisotopic (exact) mass is 808 g/mol. The zero-order valence-corrected chi connectivity index (χ0v) is 35.1. The summed E-state index contributed by atoms with van der Waals surface area (Å²) in [5, 5.41) is -0.0397. The second-order valence-corrected chi connectivity index (χ2v) is 20.2. The SMILES string of the molecule is COCCO[C@]1(CN2CCN3CCCC[C@@H]3C2)/C=C/C[C@H](C)[C@@H](C)S(=O)(=O)NC(=O)c2ccc3c(c2)N(C[C@@H]2CC[C@H]21)C[C@@]1(CCCc2cc(Cl)ccc21)CO3. The van der Waals surface area contributed by atoms with Gasteiger partial charge >= 0.3 is 0 Å². The van der Waals surface area contributed by atoms with Crippen LogP contribution in [0.4, 0.5) is 5.69 Å². The van der Waals surface area contributed by atoms with Crippen LogP contribution >= 0.6 is 11.6 Å². The molecular formula is C44H61ClN4O6S. The third-order valence-electron chi connectivity index (χ3n) is 14.3. The number of sulfonamides is 1. The van der Waals surface area contributed by atoms with Crippen LogP contribution in [-0.2, 0) is 31.3 Å². The van der Waals surface area contributed by atoms with Crippen LogP contribution in [0, 0.1) is 17.8 Å². The van der Waals surface area contributed by atoms with Gasteiger partial charge in [-0.15, -0.1) is 0 Å². The topological polar surface area (TPSA) is 101 Å². The Bertz CT molecular complexity index is 1890. The number of rotatable bonds is 6. The van der Waals surface area contributed by atoms with Crippen molar-refractivity contribution in [2.45, 2.75) is 93.9 Å². The van der Waals surface area contributed by atoms with E-state index in [0.717, 1.165) is 75.5 Å². The van der Waals surface area contributed by atoms with Gasteiger partial charge in [-0.3, -0.25) is 14.6 Å². The molecule has 1 N–H and O–H groups in total. The predicted molar refractivity (Wildman–Crippen MR) is 221 cm³/mol. The summed E-state index contributed by atoms with van der Waals surface area (Å²) in [6, 6.07) is 12.3. The van der Waals surface area contributed by atoms with Crippen LogP contribution in [0.1, 0.15) is 86.7 Å². The molecule has 306 valence electrons. The molecule has 1 saturated carbocycles. The lowest BCUT2D eigenvalue weighted by molar-refractivity contribution is -0.127. The molecule has 0 unspecified atom stereocenters. The number of halogens is 1. The highest BCUT2D eigenvalue weighted by Gasteiger charge is 2.51. The summed E-state index contributed by atoms with van der Waals surface area (Å²) in [7, 11) is -2.25. The first-order valence-electron chi connectivity index (χ1n) is 21.1. The van der Waals surface area contributed by atoms with Crippen molar-refractivity contribution in [3.8, 4) is 5.75 Å². The average Bonchev–Trinajstić information content (AvgIpc) is 3.32. The van der Waals surface area contributed by atoms with Crippen molar-refractivity contribution in [2.75, 3.05) is 77.6 Å². The molecule has 1 amide bonds. The van der Waals surface area contributed by atoms with Gasteiger partial charge in [-0.1, -0.05) is 43.2 Å². The minimum Gasteiger partial charge on any atom is -0.490 e. The molecule has 4 aliphatic heterocycles. The van der Waals surface area contributed by atoms with Crippen molar-refractivity contribution in [3.63, 3.8) is 0 Å². The van der Waals surface area contributed by atoms with Crippen molar-refractivity contribution in [3.05, 3.63) is 70.3 Å². The number of benzene rings is 2. The van der Waals surface area contributed by atoms with Crippen LogP contribution in [-0.4, -0.2) is 114 Å². The number of ether oxygens (including phenoxy) is 3. The van der Waals surface area contributed by atoms with E-state index < -0.39 is 26.8 Å². The van der Waals surface area contributed by atoms with Crippen LogP contribution in [0.2, 0.25) is 5.02 Å². The number of carbonyl (C=O) groups is 1. The maximum Gasteiger partial charge on any atom is 0.264 e.